The van der Waals surface area contributed by atoms with E-state index in [1.165, 1.54) is 25.3 Å². The van der Waals surface area contributed by atoms with Crippen LogP contribution in [0.1, 0.15) is 35.8 Å². The van der Waals surface area contributed by atoms with Gasteiger partial charge in [-0.2, -0.15) is 0 Å². The van der Waals surface area contributed by atoms with Gasteiger partial charge in [-0.25, -0.2) is 8.42 Å². The third-order valence-corrected chi connectivity index (χ3v) is 6.75. The molecule has 0 spiro atoms. The first kappa shape index (κ1) is 21.7. The fourth-order valence-electron chi connectivity index (χ4n) is 3.52. The zero-order chi connectivity index (χ0) is 22.1. The van der Waals surface area contributed by atoms with Crippen molar-refractivity contribution in [3.8, 4) is 17.2 Å². The summed E-state index contributed by atoms with van der Waals surface area (Å²) in [4.78, 5) is 24.7. The Morgan fingerprint density at radius 2 is 2.07 bits per heavy atom. The fraction of sp³-hybridized carbons (Fsp3) is 0.400. The Labute approximate surface area is 173 Å². The van der Waals surface area contributed by atoms with Gasteiger partial charge in [0.15, 0.2) is 27.1 Å². The molecule has 1 amide bonds. The van der Waals surface area contributed by atoms with E-state index in [-0.39, 0.29) is 40.9 Å². The molecule has 2 atom stereocenters. The summed E-state index contributed by atoms with van der Waals surface area (Å²) < 4.78 is 34.0. The van der Waals surface area contributed by atoms with Crippen LogP contribution in [-0.2, 0) is 14.6 Å². The van der Waals surface area contributed by atoms with Crippen molar-refractivity contribution in [2.75, 3.05) is 18.6 Å². The van der Waals surface area contributed by atoms with Gasteiger partial charge in [0.2, 0.25) is 17.1 Å². The molecule has 2 heterocycles. The lowest BCUT2D eigenvalue weighted by atomic mass is 9.91. The fourth-order valence-corrected chi connectivity index (χ4v) is 5.19. The van der Waals surface area contributed by atoms with Gasteiger partial charge in [-0.15, -0.1) is 0 Å². The highest BCUT2D eigenvalue weighted by atomic mass is 32.2. The first-order chi connectivity index (χ1) is 14.1. The smallest absolute Gasteiger partial charge is 0.227 e. The van der Waals surface area contributed by atoms with Crippen LogP contribution in [0, 0.1) is 6.92 Å². The molecule has 0 aliphatic carbocycles. The lowest BCUT2D eigenvalue weighted by Gasteiger charge is -2.20. The van der Waals surface area contributed by atoms with Crippen molar-refractivity contribution in [1.82, 2.24) is 5.32 Å². The molecule has 1 aliphatic heterocycles. The van der Waals surface area contributed by atoms with E-state index in [1.807, 2.05) is 0 Å². The van der Waals surface area contributed by atoms with E-state index < -0.39 is 38.9 Å². The normalized spacial score (nSPS) is 18.7. The van der Waals surface area contributed by atoms with Gasteiger partial charge in [-0.1, -0.05) is 6.07 Å². The standard InChI is InChI=1S/C20H23NO8S/c1-11-7-16(23)19(25)20(29-11)14(12-3-4-15(22)17(8-12)28-2)9-18(24)21-13-5-6-30(26,27)10-13/h3-4,7-8,13-14,22,25H,5-6,9-10H2,1-2H3,(H,21,24)/t13-,14-/m0/s1. The molecule has 9 nitrogen and oxygen atoms in total. The van der Waals surface area contributed by atoms with E-state index in [2.05, 4.69) is 5.32 Å². The maximum atomic E-state index is 12.7. The molecule has 0 bridgehead atoms. The molecule has 0 saturated carbocycles. The number of sulfone groups is 1. The number of amides is 1. The number of methoxy groups -OCH3 is 1. The van der Waals surface area contributed by atoms with Crippen LogP contribution in [0.15, 0.2) is 33.5 Å². The van der Waals surface area contributed by atoms with E-state index in [1.54, 1.807) is 6.92 Å². The number of rotatable bonds is 6. The second-order valence-electron chi connectivity index (χ2n) is 7.29. The van der Waals surface area contributed by atoms with Crippen LogP contribution in [0.5, 0.6) is 17.2 Å². The second kappa shape index (κ2) is 8.39. The zero-order valence-corrected chi connectivity index (χ0v) is 17.4. The summed E-state index contributed by atoms with van der Waals surface area (Å²) in [5.41, 5.74) is -0.185. The Kier molecular flexibility index (Phi) is 6.06. The van der Waals surface area contributed by atoms with Crippen molar-refractivity contribution >= 4 is 15.7 Å². The number of phenolic OH excluding ortho intramolecular Hbond substituents is 1. The van der Waals surface area contributed by atoms with E-state index >= 15 is 0 Å². The molecule has 0 unspecified atom stereocenters. The maximum absolute atomic E-state index is 12.7. The largest absolute Gasteiger partial charge is 0.504 e. The van der Waals surface area contributed by atoms with Crippen LogP contribution in [0.4, 0.5) is 0 Å². The van der Waals surface area contributed by atoms with Crippen LogP contribution < -0.4 is 15.5 Å². The molecular formula is C20H23NO8S. The molecule has 0 radical (unpaired) electrons. The Hall–Kier alpha value is -3.01. The van der Waals surface area contributed by atoms with E-state index in [4.69, 9.17) is 9.15 Å². The van der Waals surface area contributed by atoms with E-state index in [9.17, 15) is 28.2 Å². The molecule has 3 N–H and O–H groups in total. The molecule has 1 aromatic carbocycles. The van der Waals surface area contributed by atoms with Gasteiger partial charge in [0.25, 0.3) is 0 Å². The quantitative estimate of drug-likeness (QED) is 0.612. The molecular weight excluding hydrogens is 414 g/mol. The Balaban J connectivity index is 1.96. The summed E-state index contributed by atoms with van der Waals surface area (Å²) >= 11 is 0. The van der Waals surface area contributed by atoms with Gasteiger partial charge in [0.05, 0.1) is 24.5 Å². The number of hydrogen-bond donors (Lipinski definition) is 3. The van der Waals surface area contributed by atoms with Gasteiger partial charge in [-0.05, 0) is 31.0 Å². The van der Waals surface area contributed by atoms with Crippen LogP contribution in [0.3, 0.4) is 0 Å². The number of aryl methyl sites for hydroxylation is 1. The van der Waals surface area contributed by atoms with Crippen molar-refractivity contribution in [2.45, 2.75) is 31.7 Å². The summed E-state index contributed by atoms with van der Waals surface area (Å²) in [7, 11) is -1.80. The lowest BCUT2D eigenvalue weighted by Crippen LogP contribution is -2.36. The van der Waals surface area contributed by atoms with Crippen molar-refractivity contribution in [3.63, 3.8) is 0 Å². The van der Waals surface area contributed by atoms with Crippen LogP contribution in [-0.4, -0.2) is 49.2 Å². The summed E-state index contributed by atoms with van der Waals surface area (Å²) in [6.45, 7) is 1.54. The predicted octanol–water partition coefficient (Wildman–Crippen LogP) is 1.19. The Morgan fingerprint density at radius 1 is 1.33 bits per heavy atom. The molecule has 10 heteroatoms. The van der Waals surface area contributed by atoms with Gasteiger partial charge in [-0.3, -0.25) is 9.59 Å². The summed E-state index contributed by atoms with van der Waals surface area (Å²) in [5, 5.41) is 22.9. The monoisotopic (exact) mass is 437 g/mol. The Bertz CT molecular complexity index is 1120. The third-order valence-electron chi connectivity index (χ3n) is 4.98. The summed E-state index contributed by atoms with van der Waals surface area (Å²) in [5.74, 6) is -1.86. The third kappa shape index (κ3) is 4.76. The van der Waals surface area contributed by atoms with Gasteiger partial charge >= 0.3 is 0 Å². The molecule has 162 valence electrons. The summed E-state index contributed by atoms with van der Waals surface area (Å²) in [6, 6.07) is 5.02. The lowest BCUT2D eigenvalue weighted by molar-refractivity contribution is -0.121. The van der Waals surface area contributed by atoms with Crippen molar-refractivity contribution in [1.29, 1.82) is 0 Å². The SMILES string of the molecule is COc1cc([C@H](CC(=O)N[C@H]2CCS(=O)(=O)C2)c2oc(C)cc(=O)c2O)ccc1O. The first-order valence-corrected chi connectivity index (χ1v) is 11.1. The highest BCUT2D eigenvalue weighted by molar-refractivity contribution is 7.91. The molecule has 1 fully saturated rings. The minimum atomic E-state index is -3.16. The number of benzene rings is 1. The van der Waals surface area contributed by atoms with Gasteiger partial charge < -0.3 is 24.7 Å². The average Bonchev–Trinajstić information content (AvgIpc) is 3.01. The molecule has 1 aromatic heterocycles. The molecule has 2 aromatic rings. The van der Waals surface area contributed by atoms with Crippen molar-refractivity contribution in [2.24, 2.45) is 0 Å². The maximum Gasteiger partial charge on any atom is 0.227 e. The molecule has 1 saturated heterocycles. The van der Waals surface area contributed by atoms with Crippen LogP contribution in [0.2, 0.25) is 0 Å². The number of carbonyl (C=O) groups is 1. The average molecular weight is 437 g/mol. The number of ether oxygens (including phenoxy) is 1. The van der Waals surface area contributed by atoms with Crippen molar-refractivity contribution < 1.29 is 32.6 Å². The second-order valence-corrected chi connectivity index (χ2v) is 9.52. The number of aromatic hydroxyl groups is 2. The minimum Gasteiger partial charge on any atom is -0.504 e. The van der Waals surface area contributed by atoms with Crippen LogP contribution >= 0.6 is 0 Å². The van der Waals surface area contributed by atoms with Crippen LogP contribution in [0.25, 0.3) is 0 Å². The topological polar surface area (TPSA) is 143 Å². The number of hydrogen-bond acceptors (Lipinski definition) is 8. The number of nitrogens with one attached hydrogen (secondary N) is 1. The molecule has 1 aliphatic rings. The summed E-state index contributed by atoms with van der Waals surface area (Å²) in [6.07, 6.45) is 0.112. The minimum absolute atomic E-state index is 0.0179. The Morgan fingerprint density at radius 3 is 2.70 bits per heavy atom. The zero-order valence-electron chi connectivity index (χ0n) is 16.5. The van der Waals surface area contributed by atoms with E-state index in [0.717, 1.165) is 6.07 Å². The van der Waals surface area contributed by atoms with E-state index in [0.29, 0.717) is 12.0 Å². The first-order valence-electron chi connectivity index (χ1n) is 9.30. The predicted molar refractivity (Wildman–Crippen MR) is 108 cm³/mol. The van der Waals surface area contributed by atoms with Crippen molar-refractivity contribution in [3.05, 3.63) is 51.6 Å². The highest BCUT2D eigenvalue weighted by Gasteiger charge is 2.31. The van der Waals surface area contributed by atoms with Gasteiger partial charge in [0, 0.05) is 18.5 Å². The number of phenols is 1. The highest BCUT2D eigenvalue weighted by Crippen LogP contribution is 2.37. The van der Waals surface area contributed by atoms with Gasteiger partial charge in [0.1, 0.15) is 5.76 Å². The number of carbonyl (C=O) groups excluding carboxylic acids is 1. The molecule has 30 heavy (non-hydrogen) atoms. The molecule has 3 rings (SSSR count).